The molecule has 1 aliphatic rings. The zero-order valence-electron chi connectivity index (χ0n) is 6.91. The molecule has 0 fully saturated rings. The van der Waals surface area contributed by atoms with Gasteiger partial charge in [0.2, 0.25) is 0 Å². The number of fused-ring (bicyclic) bond motifs is 1. The molecule has 3 heteroatoms. The molecule has 1 aliphatic heterocycles. The lowest BCUT2D eigenvalue weighted by molar-refractivity contribution is 0.344. The molecular formula is C8H13N3. The van der Waals surface area contributed by atoms with Crippen molar-refractivity contribution in [3.05, 3.63) is 18.0 Å². The molecule has 0 amide bonds. The Morgan fingerprint density at radius 1 is 1.64 bits per heavy atom. The summed E-state index contributed by atoms with van der Waals surface area (Å²) in [6.45, 7) is 5.34. The topological polar surface area (TPSA) is 29.9 Å². The van der Waals surface area contributed by atoms with Crippen LogP contribution in [0.15, 0.2) is 12.3 Å². The highest BCUT2D eigenvalue weighted by Gasteiger charge is 2.19. The van der Waals surface area contributed by atoms with E-state index in [0.29, 0.717) is 12.1 Å². The van der Waals surface area contributed by atoms with Crippen molar-refractivity contribution < 1.29 is 0 Å². The van der Waals surface area contributed by atoms with Crippen LogP contribution in [0.3, 0.4) is 0 Å². The summed E-state index contributed by atoms with van der Waals surface area (Å²) in [6, 6.07) is 3.06. The lowest BCUT2D eigenvalue weighted by Crippen LogP contribution is -2.39. The van der Waals surface area contributed by atoms with Crippen molar-refractivity contribution in [2.24, 2.45) is 0 Å². The van der Waals surface area contributed by atoms with Gasteiger partial charge in [0.15, 0.2) is 0 Å². The molecule has 0 unspecified atom stereocenters. The predicted octanol–water partition coefficient (Wildman–Crippen LogP) is 0.936. The minimum Gasteiger partial charge on any atom is -0.304 e. The van der Waals surface area contributed by atoms with E-state index >= 15 is 0 Å². The molecule has 1 N–H and O–H groups in total. The third-order valence-electron chi connectivity index (χ3n) is 2.17. The Balaban J connectivity index is 2.36. The van der Waals surface area contributed by atoms with E-state index in [0.717, 1.165) is 6.54 Å². The quantitative estimate of drug-likeness (QED) is 0.598. The first-order valence-electron chi connectivity index (χ1n) is 4.05. The zero-order chi connectivity index (χ0) is 7.84. The summed E-state index contributed by atoms with van der Waals surface area (Å²) in [5.41, 5.74) is 1.29. The molecule has 0 bridgehead atoms. The van der Waals surface area contributed by atoms with Gasteiger partial charge in [-0.2, -0.15) is 5.10 Å². The van der Waals surface area contributed by atoms with E-state index < -0.39 is 0 Å². The smallest absolute Gasteiger partial charge is 0.0564 e. The van der Waals surface area contributed by atoms with Crippen LogP contribution in [0.25, 0.3) is 0 Å². The van der Waals surface area contributed by atoms with E-state index in [2.05, 4.69) is 35.0 Å². The Hall–Kier alpha value is -0.830. The number of hydrogen-bond donors (Lipinski definition) is 1. The summed E-state index contributed by atoms with van der Waals surface area (Å²) in [6.07, 6.45) is 1.87. The van der Waals surface area contributed by atoms with Crippen LogP contribution in [-0.2, 0) is 6.54 Å². The molecule has 1 aromatic heterocycles. The summed E-state index contributed by atoms with van der Waals surface area (Å²) in [7, 11) is 0. The Morgan fingerprint density at radius 2 is 2.45 bits per heavy atom. The lowest BCUT2D eigenvalue weighted by atomic mass is 10.1. The van der Waals surface area contributed by atoms with Gasteiger partial charge in [-0.25, -0.2) is 0 Å². The molecule has 0 spiro atoms. The maximum atomic E-state index is 4.23. The average Bonchev–Trinajstić information content (AvgIpc) is 2.34. The summed E-state index contributed by atoms with van der Waals surface area (Å²) < 4.78 is 2.08. The molecule has 0 saturated carbocycles. The summed E-state index contributed by atoms with van der Waals surface area (Å²) in [4.78, 5) is 0. The second kappa shape index (κ2) is 2.34. The highest BCUT2D eigenvalue weighted by Crippen LogP contribution is 2.17. The second-order valence-electron chi connectivity index (χ2n) is 3.23. The lowest BCUT2D eigenvalue weighted by Gasteiger charge is -2.27. The minimum absolute atomic E-state index is 0.446. The molecule has 3 nitrogen and oxygen atoms in total. The predicted molar refractivity (Wildman–Crippen MR) is 43.2 cm³/mol. The van der Waals surface area contributed by atoms with Gasteiger partial charge < -0.3 is 5.32 Å². The van der Waals surface area contributed by atoms with Crippen LogP contribution in [0.2, 0.25) is 0 Å². The SMILES string of the molecule is C[C@@H]1Cn2nccc2[C@H](C)N1. The largest absolute Gasteiger partial charge is 0.304 e. The molecule has 1 aromatic rings. The summed E-state index contributed by atoms with van der Waals surface area (Å²) >= 11 is 0. The molecule has 2 heterocycles. The molecule has 60 valence electrons. The first kappa shape index (κ1) is 6.85. The summed E-state index contributed by atoms with van der Waals surface area (Å²) in [5.74, 6) is 0. The third-order valence-corrected chi connectivity index (χ3v) is 2.17. The van der Waals surface area contributed by atoms with Gasteiger partial charge in [0.05, 0.1) is 12.2 Å². The number of nitrogens with zero attached hydrogens (tertiary/aromatic N) is 2. The van der Waals surface area contributed by atoms with E-state index in [9.17, 15) is 0 Å². The minimum atomic E-state index is 0.446. The number of aromatic nitrogens is 2. The summed E-state index contributed by atoms with van der Waals surface area (Å²) in [5, 5.41) is 7.69. The molecule has 2 rings (SSSR count). The van der Waals surface area contributed by atoms with Gasteiger partial charge in [-0.3, -0.25) is 4.68 Å². The molecule has 2 atom stereocenters. The van der Waals surface area contributed by atoms with Crippen molar-refractivity contribution in [3.8, 4) is 0 Å². The van der Waals surface area contributed by atoms with Crippen molar-refractivity contribution >= 4 is 0 Å². The first-order chi connectivity index (χ1) is 5.27. The molecular weight excluding hydrogens is 138 g/mol. The molecule has 0 saturated heterocycles. The van der Waals surface area contributed by atoms with E-state index in [1.165, 1.54) is 5.69 Å². The van der Waals surface area contributed by atoms with Crippen LogP contribution in [-0.4, -0.2) is 15.8 Å². The maximum absolute atomic E-state index is 4.23. The fraction of sp³-hybridized carbons (Fsp3) is 0.625. The van der Waals surface area contributed by atoms with Crippen LogP contribution in [0, 0.1) is 0 Å². The van der Waals surface area contributed by atoms with Gasteiger partial charge in [-0.15, -0.1) is 0 Å². The molecule has 0 aromatic carbocycles. The van der Waals surface area contributed by atoms with Crippen LogP contribution in [0.4, 0.5) is 0 Å². The van der Waals surface area contributed by atoms with Crippen LogP contribution in [0.5, 0.6) is 0 Å². The standard InChI is InChI=1S/C8H13N3/c1-6-5-11-8(3-4-9-11)7(2)10-6/h3-4,6-7,10H,5H2,1-2H3/t6-,7+/m1/s1. The average molecular weight is 151 g/mol. The number of hydrogen-bond acceptors (Lipinski definition) is 2. The van der Waals surface area contributed by atoms with Gasteiger partial charge in [-0.05, 0) is 19.9 Å². The van der Waals surface area contributed by atoms with Crippen molar-refractivity contribution in [1.82, 2.24) is 15.1 Å². The van der Waals surface area contributed by atoms with Crippen molar-refractivity contribution in [3.63, 3.8) is 0 Å². The van der Waals surface area contributed by atoms with Crippen LogP contribution < -0.4 is 5.32 Å². The van der Waals surface area contributed by atoms with Crippen LogP contribution in [0.1, 0.15) is 25.6 Å². The number of rotatable bonds is 0. The van der Waals surface area contributed by atoms with Gasteiger partial charge in [-0.1, -0.05) is 0 Å². The Kier molecular flexibility index (Phi) is 1.46. The highest BCUT2D eigenvalue weighted by atomic mass is 15.3. The van der Waals surface area contributed by atoms with Crippen molar-refractivity contribution in [1.29, 1.82) is 0 Å². The van der Waals surface area contributed by atoms with Gasteiger partial charge in [0, 0.05) is 18.3 Å². The Bertz CT molecular complexity index is 254. The molecule has 0 aliphatic carbocycles. The second-order valence-corrected chi connectivity index (χ2v) is 3.23. The van der Waals surface area contributed by atoms with Crippen molar-refractivity contribution in [2.75, 3.05) is 0 Å². The van der Waals surface area contributed by atoms with E-state index in [1.807, 2.05) is 6.20 Å². The molecule has 11 heavy (non-hydrogen) atoms. The van der Waals surface area contributed by atoms with Crippen molar-refractivity contribution in [2.45, 2.75) is 32.5 Å². The molecule has 0 radical (unpaired) electrons. The fourth-order valence-corrected chi connectivity index (χ4v) is 1.69. The van der Waals surface area contributed by atoms with E-state index in [4.69, 9.17) is 0 Å². The van der Waals surface area contributed by atoms with Gasteiger partial charge in [0.1, 0.15) is 0 Å². The van der Waals surface area contributed by atoms with E-state index in [1.54, 1.807) is 0 Å². The monoisotopic (exact) mass is 151 g/mol. The fourth-order valence-electron chi connectivity index (χ4n) is 1.69. The van der Waals surface area contributed by atoms with E-state index in [-0.39, 0.29) is 0 Å². The highest BCUT2D eigenvalue weighted by molar-refractivity contribution is 5.08. The first-order valence-corrected chi connectivity index (χ1v) is 4.05. The maximum Gasteiger partial charge on any atom is 0.0564 e. The Morgan fingerprint density at radius 3 is 3.27 bits per heavy atom. The zero-order valence-corrected chi connectivity index (χ0v) is 6.91. The van der Waals surface area contributed by atoms with Crippen LogP contribution >= 0.6 is 0 Å². The van der Waals surface area contributed by atoms with Gasteiger partial charge >= 0.3 is 0 Å². The number of nitrogens with one attached hydrogen (secondary N) is 1. The van der Waals surface area contributed by atoms with Gasteiger partial charge in [0.25, 0.3) is 0 Å². The normalized spacial score (nSPS) is 30.0. The third kappa shape index (κ3) is 1.05. The Labute approximate surface area is 66.4 Å².